The summed E-state index contributed by atoms with van der Waals surface area (Å²) in [4.78, 5) is 4.91. The summed E-state index contributed by atoms with van der Waals surface area (Å²) in [6, 6.07) is 30.5. The molecule has 3 heteroatoms. The third-order valence-electron chi connectivity index (χ3n) is 7.66. The van der Waals surface area contributed by atoms with E-state index in [0.717, 1.165) is 20.6 Å². The Hall–Kier alpha value is -2.62. The summed E-state index contributed by atoms with van der Waals surface area (Å²) in [5.41, 5.74) is 10.5. The van der Waals surface area contributed by atoms with Crippen molar-refractivity contribution in [2.24, 2.45) is 0 Å². The van der Waals surface area contributed by atoms with Gasteiger partial charge in [0, 0.05) is 0 Å². The van der Waals surface area contributed by atoms with Gasteiger partial charge in [-0.15, -0.1) is 0 Å². The Kier molecular flexibility index (Phi) is 4.34. The van der Waals surface area contributed by atoms with Crippen LogP contribution in [0.1, 0.15) is 22.3 Å². The zero-order valence-corrected chi connectivity index (χ0v) is 20.1. The second-order valence-electron chi connectivity index (χ2n) is 9.00. The first-order valence-corrected chi connectivity index (χ1v) is 15.1. The molecule has 4 aromatic carbocycles. The van der Waals surface area contributed by atoms with Crippen molar-refractivity contribution in [1.29, 1.82) is 0 Å². The van der Waals surface area contributed by atoms with E-state index in [4.69, 9.17) is 11.5 Å². The van der Waals surface area contributed by atoms with Gasteiger partial charge in [0.1, 0.15) is 0 Å². The SMILES string of the molecule is [CH2]=[Ti]([O]C)([O]C)([c]1cccc2c1Cc1ccccc1-2)[c]1cccc2c1Cc1ccccc1-2. The molecule has 158 valence electrons. The number of benzene rings is 4. The van der Waals surface area contributed by atoms with Gasteiger partial charge in [-0.05, 0) is 0 Å². The molecule has 0 spiro atoms. The minimum atomic E-state index is -4.56. The van der Waals surface area contributed by atoms with Crippen molar-refractivity contribution >= 4 is 12.6 Å². The summed E-state index contributed by atoms with van der Waals surface area (Å²) in [6.07, 6.45) is 1.77. The van der Waals surface area contributed by atoms with Gasteiger partial charge in [0.15, 0.2) is 0 Å². The van der Waals surface area contributed by atoms with E-state index in [-0.39, 0.29) is 0 Å². The maximum atomic E-state index is 6.55. The summed E-state index contributed by atoms with van der Waals surface area (Å²) < 4.78 is 15.4. The fourth-order valence-corrected chi connectivity index (χ4v) is 12.0. The zero-order chi connectivity index (χ0) is 21.9. The van der Waals surface area contributed by atoms with Gasteiger partial charge in [-0.1, -0.05) is 0 Å². The summed E-state index contributed by atoms with van der Waals surface area (Å²) in [5.74, 6) is 0. The van der Waals surface area contributed by atoms with Gasteiger partial charge in [-0.3, -0.25) is 0 Å². The summed E-state index contributed by atoms with van der Waals surface area (Å²) in [7, 11) is 3.58. The number of rotatable bonds is 4. The molecule has 0 aromatic heterocycles. The molecule has 4 aromatic rings. The molecule has 32 heavy (non-hydrogen) atoms. The molecule has 2 aliphatic carbocycles. The van der Waals surface area contributed by atoms with Crippen LogP contribution in [-0.4, -0.2) is 19.0 Å². The van der Waals surface area contributed by atoms with Crippen LogP contribution in [0.25, 0.3) is 22.3 Å². The maximum absolute atomic E-state index is 6.55. The summed E-state index contributed by atoms with van der Waals surface area (Å²) >= 11 is -4.56. The Morgan fingerprint density at radius 3 is 1.41 bits per heavy atom. The van der Waals surface area contributed by atoms with E-state index in [1.807, 2.05) is 0 Å². The Balaban J connectivity index is 1.64. The van der Waals surface area contributed by atoms with Crippen LogP contribution in [0.5, 0.6) is 0 Å². The van der Waals surface area contributed by atoms with E-state index < -0.39 is 15.6 Å². The first-order valence-electron chi connectivity index (χ1n) is 11.1. The molecule has 0 saturated carbocycles. The quantitative estimate of drug-likeness (QED) is 0.348. The molecule has 0 bridgehead atoms. The van der Waals surface area contributed by atoms with Gasteiger partial charge < -0.3 is 0 Å². The van der Waals surface area contributed by atoms with Crippen LogP contribution in [0.2, 0.25) is 0 Å². The Labute approximate surface area is 190 Å². The van der Waals surface area contributed by atoms with Gasteiger partial charge in [0.25, 0.3) is 0 Å². The molecule has 0 unspecified atom stereocenters. The number of hydrogen-bond donors (Lipinski definition) is 0. The van der Waals surface area contributed by atoms with E-state index in [9.17, 15) is 0 Å². The van der Waals surface area contributed by atoms with E-state index in [0.29, 0.717) is 0 Å². The molecule has 2 nitrogen and oxygen atoms in total. The molecule has 0 N–H and O–H groups in total. The van der Waals surface area contributed by atoms with Crippen molar-refractivity contribution in [3.8, 4) is 22.3 Å². The van der Waals surface area contributed by atoms with Gasteiger partial charge in [-0.25, -0.2) is 0 Å². The van der Waals surface area contributed by atoms with Gasteiger partial charge >= 0.3 is 191 Å². The predicted octanol–water partition coefficient (Wildman–Crippen LogP) is 5.02. The van der Waals surface area contributed by atoms with Gasteiger partial charge in [0.2, 0.25) is 0 Å². The van der Waals surface area contributed by atoms with Crippen LogP contribution in [0, 0.1) is 0 Å². The van der Waals surface area contributed by atoms with Crippen LogP contribution >= 0.6 is 0 Å². The molecule has 0 atom stereocenters. The second-order valence-corrected chi connectivity index (χ2v) is 15.9. The molecule has 0 saturated heterocycles. The molecule has 0 radical (unpaired) electrons. The van der Waals surface area contributed by atoms with Crippen molar-refractivity contribution in [1.82, 2.24) is 0 Å². The fourth-order valence-electron chi connectivity index (χ4n) is 5.93. The summed E-state index contributed by atoms with van der Waals surface area (Å²) in [5, 5.41) is 0. The molecule has 2 aliphatic rings. The standard InChI is InChI=1S/2C13H9.2CH3O.CH2.Ti/c2*1-3-7-12-10(5-1)9-11-6-2-4-8-13(11)12;2*1-2;;/h2*1-5,7-8H,9H2;2*1H3;1H2;/q;;2*-1;;+2. The van der Waals surface area contributed by atoms with E-state index in [1.54, 1.807) is 14.2 Å². The first kappa shape index (κ1) is 20.0. The topological polar surface area (TPSA) is 18.5 Å². The van der Waals surface area contributed by atoms with Gasteiger partial charge in [-0.2, -0.15) is 0 Å². The molecule has 0 heterocycles. The Bertz CT molecular complexity index is 1350. The molecule has 0 aliphatic heterocycles. The van der Waals surface area contributed by atoms with Crippen molar-refractivity contribution < 1.29 is 22.3 Å². The first-order chi connectivity index (χ1) is 15.6. The average molecular weight is 454 g/mol. The monoisotopic (exact) mass is 454 g/mol. The third kappa shape index (κ3) is 2.50. The molecule has 0 amide bonds. The number of fused-ring (bicyclic) bond motifs is 6. The van der Waals surface area contributed by atoms with Crippen LogP contribution < -0.4 is 7.74 Å². The normalized spacial score (nSPS) is 14.0. The van der Waals surface area contributed by atoms with E-state index in [2.05, 4.69) is 84.9 Å². The average Bonchev–Trinajstić information content (AvgIpc) is 3.42. The van der Waals surface area contributed by atoms with Crippen molar-refractivity contribution in [3.05, 3.63) is 107 Å². The van der Waals surface area contributed by atoms with Crippen LogP contribution in [0.4, 0.5) is 0 Å². The van der Waals surface area contributed by atoms with Crippen molar-refractivity contribution in [3.63, 3.8) is 0 Å². The minimum absolute atomic E-state index is 0.887. The Morgan fingerprint density at radius 2 is 0.969 bits per heavy atom. The van der Waals surface area contributed by atoms with Crippen LogP contribution in [-0.2, 0) is 35.1 Å². The van der Waals surface area contributed by atoms with Crippen molar-refractivity contribution in [2.45, 2.75) is 12.8 Å². The third-order valence-corrected chi connectivity index (χ3v) is 15.2. The second kappa shape index (κ2) is 6.94. The van der Waals surface area contributed by atoms with E-state index >= 15 is 0 Å². The predicted molar refractivity (Wildman–Crippen MR) is 130 cm³/mol. The zero-order valence-electron chi connectivity index (χ0n) is 18.5. The van der Waals surface area contributed by atoms with Crippen LogP contribution in [0.15, 0.2) is 84.9 Å². The summed E-state index contributed by atoms with van der Waals surface area (Å²) in [6.45, 7) is 0. The fraction of sp³-hybridized carbons (Fsp3) is 0.138. The molecular weight excluding hydrogens is 428 g/mol. The Morgan fingerprint density at radius 1 is 0.562 bits per heavy atom. The molecule has 6 rings (SSSR count). The van der Waals surface area contributed by atoms with E-state index in [1.165, 1.54) is 44.5 Å². The van der Waals surface area contributed by atoms with Crippen LogP contribution in [0.3, 0.4) is 0 Å². The van der Waals surface area contributed by atoms with Gasteiger partial charge in [0.05, 0.1) is 0 Å². The van der Waals surface area contributed by atoms with Crippen molar-refractivity contribution in [2.75, 3.05) is 14.2 Å². The number of hydrogen-bond acceptors (Lipinski definition) is 2. The molecular formula is C29H26O2Ti. The molecule has 0 fully saturated rings.